The van der Waals surface area contributed by atoms with Gasteiger partial charge in [-0.2, -0.15) is 0 Å². The van der Waals surface area contributed by atoms with Crippen molar-refractivity contribution >= 4 is 11.5 Å². The van der Waals surface area contributed by atoms with Crippen LogP contribution in [0.4, 0.5) is 5.69 Å². The molecule has 0 spiro atoms. The quantitative estimate of drug-likeness (QED) is 0.739. The molecule has 1 aromatic rings. The fourth-order valence-corrected chi connectivity index (χ4v) is 1.09. The molecule has 0 aliphatic carbocycles. The normalized spacial score (nSPS) is 9.57. The maximum atomic E-state index is 11.0. The highest BCUT2D eigenvalue weighted by atomic mass is 16.1. The molecule has 0 saturated carbocycles. The van der Waals surface area contributed by atoms with Crippen molar-refractivity contribution in [3.05, 3.63) is 42.2 Å². The maximum Gasteiger partial charge on any atom is 0.159 e. The number of hydrogen-bond acceptors (Lipinski definition) is 3. The number of nitrogens with zero attached hydrogens (tertiary/aromatic N) is 1. The summed E-state index contributed by atoms with van der Waals surface area (Å²) in [7, 11) is 1.82. The number of Topliss-reactive ketones (excluding diaryl/α,β-unsaturated/α-hetero) is 1. The van der Waals surface area contributed by atoms with Gasteiger partial charge in [0.15, 0.2) is 5.78 Å². The summed E-state index contributed by atoms with van der Waals surface area (Å²) >= 11 is 0. The van der Waals surface area contributed by atoms with E-state index in [0.29, 0.717) is 11.4 Å². The van der Waals surface area contributed by atoms with E-state index in [1.807, 2.05) is 19.2 Å². The lowest BCUT2D eigenvalue weighted by molar-refractivity contribution is 0.101. The van der Waals surface area contributed by atoms with Crippen LogP contribution in [0.5, 0.6) is 0 Å². The second-order valence-corrected chi connectivity index (χ2v) is 3.15. The first-order chi connectivity index (χ1) is 6.52. The molecule has 2 N–H and O–H groups in total. The van der Waals surface area contributed by atoms with E-state index in [-0.39, 0.29) is 5.78 Å². The highest BCUT2D eigenvalue weighted by Crippen LogP contribution is 2.15. The van der Waals surface area contributed by atoms with Gasteiger partial charge in [-0.05, 0) is 31.2 Å². The molecule has 0 aliphatic rings. The predicted octanol–water partition coefficient (Wildman–Crippen LogP) is 1.76. The van der Waals surface area contributed by atoms with E-state index in [2.05, 4.69) is 6.58 Å². The van der Waals surface area contributed by atoms with Crippen molar-refractivity contribution in [2.45, 2.75) is 6.92 Å². The first-order valence-electron chi connectivity index (χ1n) is 4.31. The number of hydrogen-bond donors (Lipinski definition) is 1. The van der Waals surface area contributed by atoms with E-state index in [4.69, 9.17) is 5.73 Å². The molecule has 0 bridgehead atoms. The summed E-state index contributed by atoms with van der Waals surface area (Å²) in [5.41, 5.74) is 7.15. The third kappa shape index (κ3) is 2.13. The van der Waals surface area contributed by atoms with Gasteiger partial charge in [0.2, 0.25) is 0 Å². The SMILES string of the molecule is C=C(N)N(C)c1ccc(C(C)=O)cc1. The van der Waals surface area contributed by atoms with E-state index in [1.54, 1.807) is 24.0 Å². The van der Waals surface area contributed by atoms with Gasteiger partial charge in [-0.25, -0.2) is 0 Å². The van der Waals surface area contributed by atoms with Gasteiger partial charge in [-0.15, -0.1) is 0 Å². The number of ketones is 1. The lowest BCUT2D eigenvalue weighted by Gasteiger charge is -2.18. The van der Waals surface area contributed by atoms with Crippen LogP contribution in [0.1, 0.15) is 17.3 Å². The molecule has 0 fully saturated rings. The number of benzene rings is 1. The Bertz CT molecular complexity index is 354. The molecule has 0 aliphatic heterocycles. The maximum absolute atomic E-state index is 11.0. The van der Waals surface area contributed by atoms with E-state index in [9.17, 15) is 4.79 Å². The van der Waals surface area contributed by atoms with Crippen LogP contribution in [0.2, 0.25) is 0 Å². The molecule has 0 heterocycles. The van der Waals surface area contributed by atoms with Crippen LogP contribution in [0, 0.1) is 0 Å². The molecule has 14 heavy (non-hydrogen) atoms. The number of carbonyl (C=O) groups is 1. The molecule has 0 atom stereocenters. The average molecular weight is 190 g/mol. The summed E-state index contributed by atoms with van der Waals surface area (Å²) in [4.78, 5) is 12.8. The molecule has 74 valence electrons. The summed E-state index contributed by atoms with van der Waals surface area (Å²) in [6.45, 7) is 5.17. The fraction of sp³-hybridized carbons (Fsp3) is 0.182. The first kappa shape index (κ1) is 10.3. The Kier molecular flexibility index (Phi) is 2.92. The van der Waals surface area contributed by atoms with Crippen molar-refractivity contribution in [3.63, 3.8) is 0 Å². The highest BCUT2D eigenvalue weighted by molar-refractivity contribution is 5.94. The highest BCUT2D eigenvalue weighted by Gasteiger charge is 2.02. The zero-order chi connectivity index (χ0) is 10.7. The fourth-order valence-electron chi connectivity index (χ4n) is 1.09. The van der Waals surface area contributed by atoms with Crippen molar-refractivity contribution in [3.8, 4) is 0 Å². The lowest BCUT2D eigenvalue weighted by atomic mass is 10.1. The monoisotopic (exact) mass is 190 g/mol. The summed E-state index contributed by atoms with van der Waals surface area (Å²) in [6, 6.07) is 7.23. The second kappa shape index (κ2) is 3.96. The van der Waals surface area contributed by atoms with E-state index < -0.39 is 0 Å². The molecule has 1 rings (SSSR count). The first-order valence-corrected chi connectivity index (χ1v) is 4.31. The van der Waals surface area contributed by atoms with Crippen LogP contribution in [-0.4, -0.2) is 12.8 Å². The molecule has 0 radical (unpaired) electrons. The van der Waals surface area contributed by atoms with Gasteiger partial charge in [0.05, 0.1) is 5.82 Å². The van der Waals surface area contributed by atoms with Crippen molar-refractivity contribution in [2.75, 3.05) is 11.9 Å². The van der Waals surface area contributed by atoms with Gasteiger partial charge in [0.25, 0.3) is 0 Å². The minimum atomic E-state index is 0.0609. The minimum Gasteiger partial charge on any atom is -0.386 e. The van der Waals surface area contributed by atoms with Crippen LogP contribution >= 0.6 is 0 Å². The van der Waals surface area contributed by atoms with E-state index in [0.717, 1.165) is 5.69 Å². The summed E-state index contributed by atoms with van der Waals surface area (Å²) in [5.74, 6) is 0.534. The molecule has 3 heteroatoms. The van der Waals surface area contributed by atoms with Crippen molar-refractivity contribution in [2.24, 2.45) is 5.73 Å². The Morgan fingerprint density at radius 2 is 1.86 bits per heavy atom. The van der Waals surface area contributed by atoms with Gasteiger partial charge < -0.3 is 10.6 Å². The minimum absolute atomic E-state index is 0.0609. The topological polar surface area (TPSA) is 46.3 Å². The van der Waals surface area contributed by atoms with Gasteiger partial charge in [-0.3, -0.25) is 4.79 Å². The van der Waals surface area contributed by atoms with E-state index in [1.165, 1.54) is 0 Å². The Balaban J connectivity index is 2.94. The largest absolute Gasteiger partial charge is 0.386 e. The molecule has 0 aromatic heterocycles. The number of rotatable bonds is 3. The Labute approximate surface area is 83.8 Å². The molecule has 0 saturated heterocycles. The predicted molar refractivity (Wildman–Crippen MR) is 58.2 cm³/mol. The van der Waals surface area contributed by atoms with E-state index >= 15 is 0 Å². The zero-order valence-corrected chi connectivity index (χ0v) is 8.45. The third-order valence-electron chi connectivity index (χ3n) is 2.09. The number of anilines is 1. The van der Waals surface area contributed by atoms with Gasteiger partial charge in [0.1, 0.15) is 0 Å². The third-order valence-corrected chi connectivity index (χ3v) is 2.09. The zero-order valence-electron chi connectivity index (χ0n) is 8.45. The van der Waals surface area contributed by atoms with Crippen LogP contribution in [0.15, 0.2) is 36.7 Å². The van der Waals surface area contributed by atoms with Gasteiger partial charge in [-0.1, -0.05) is 6.58 Å². The average Bonchev–Trinajstić information content (AvgIpc) is 2.16. The molecular weight excluding hydrogens is 176 g/mol. The molecular formula is C11H14N2O. The summed E-state index contributed by atoms with van der Waals surface area (Å²) in [5, 5.41) is 0. The standard InChI is InChI=1S/C11H14N2O/c1-8(14)10-4-6-11(7-5-10)13(3)9(2)12/h4-7H,2,12H2,1,3H3. The Morgan fingerprint density at radius 3 is 2.21 bits per heavy atom. The van der Waals surface area contributed by atoms with Crippen LogP contribution < -0.4 is 10.6 Å². The Morgan fingerprint density at radius 1 is 1.36 bits per heavy atom. The number of nitrogens with two attached hydrogens (primary N) is 1. The van der Waals surface area contributed by atoms with Gasteiger partial charge in [0, 0.05) is 18.3 Å². The van der Waals surface area contributed by atoms with Crippen LogP contribution in [0.25, 0.3) is 0 Å². The molecule has 0 unspecified atom stereocenters. The smallest absolute Gasteiger partial charge is 0.159 e. The van der Waals surface area contributed by atoms with Gasteiger partial charge >= 0.3 is 0 Å². The van der Waals surface area contributed by atoms with Crippen molar-refractivity contribution in [1.29, 1.82) is 0 Å². The second-order valence-electron chi connectivity index (χ2n) is 3.15. The summed E-state index contributed by atoms with van der Waals surface area (Å²) < 4.78 is 0. The molecule has 0 amide bonds. The Hall–Kier alpha value is -1.77. The molecule has 1 aromatic carbocycles. The van der Waals surface area contributed by atoms with Crippen LogP contribution in [0.3, 0.4) is 0 Å². The number of carbonyl (C=O) groups excluding carboxylic acids is 1. The lowest BCUT2D eigenvalue weighted by Crippen LogP contribution is -2.21. The summed E-state index contributed by atoms with van der Waals surface area (Å²) in [6.07, 6.45) is 0. The van der Waals surface area contributed by atoms with Crippen molar-refractivity contribution < 1.29 is 4.79 Å². The molecule has 3 nitrogen and oxygen atoms in total. The van der Waals surface area contributed by atoms with Crippen LogP contribution in [-0.2, 0) is 0 Å². The van der Waals surface area contributed by atoms with Crippen molar-refractivity contribution in [1.82, 2.24) is 0 Å².